The molecular weight excluding hydrogens is 314 g/mol. The van der Waals surface area contributed by atoms with Gasteiger partial charge in [0, 0.05) is 19.7 Å². The molecule has 0 atom stereocenters. The van der Waals surface area contributed by atoms with E-state index < -0.39 is 0 Å². The van der Waals surface area contributed by atoms with Gasteiger partial charge in [-0.2, -0.15) is 0 Å². The summed E-state index contributed by atoms with van der Waals surface area (Å²) in [5.41, 5.74) is 0.661. The fourth-order valence-corrected chi connectivity index (χ4v) is 4.00. The van der Waals surface area contributed by atoms with Crippen LogP contribution in [0.1, 0.15) is 35.0 Å². The van der Waals surface area contributed by atoms with E-state index in [-0.39, 0.29) is 11.5 Å². The zero-order chi connectivity index (χ0) is 16.4. The molecule has 2 aromatic rings. The molecule has 23 heavy (non-hydrogen) atoms. The molecule has 0 radical (unpaired) electrons. The summed E-state index contributed by atoms with van der Waals surface area (Å²) in [6.45, 7) is 6.95. The molecule has 1 amide bonds. The Bertz CT molecular complexity index is 775. The number of carbonyl (C=O) groups is 1. The Morgan fingerprint density at radius 2 is 2.13 bits per heavy atom. The first-order valence-electron chi connectivity index (χ1n) is 7.99. The number of hydrogen-bond donors (Lipinski definition) is 0. The number of fused-ring (bicyclic) bond motifs is 1. The number of aromatic nitrogens is 2. The largest absolute Gasteiger partial charge is 0.380 e. The SMILES string of the molecule is CCOCCn1cnc2sc(C(=O)N3CCCC3)c(C)c2c1=O. The predicted molar refractivity (Wildman–Crippen MR) is 90.2 cm³/mol. The van der Waals surface area contributed by atoms with Crippen LogP contribution in [-0.2, 0) is 11.3 Å². The second-order valence-corrected chi connectivity index (χ2v) is 6.67. The molecule has 3 rings (SSSR count). The van der Waals surface area contributed by atoms with Crippen LogP contribution in [0, 0.1) is 6.92 Å². The van der Waals surface area contributed by atoms with Crippen molar-refractivity contribution in [2.24, 2.45) is 0 Å². The van der Waals surface area contributed by atoms with Crippen LogP contribution in [0.5, 0.6) is 0 Å². The summed E-state index contributed by atoms with van der Waals surface area (Å²) in [6, 6.07) is 0. The van der Waals surface area contributed by atoms with Gasteiger partial charge in [-0.3, -0.25) is 14.2 Å². The van der Waals surface area contributed by atoms with Crippen LogP contribution in [0.25, 0.3) is 10.2 Å². The van der Waals surface area contributed by atoms with Crippen molar-refractivity contribution in [1.29, 1.82) is 0 Å². The first-order valence-corrected chi connectivity index (χ1v) is 8.80. The Kier molecular flexibility index (Phi) is 4.77. The molecule has 0 N–H and O–H groups in total. The third-order valence-electron chi connectivity index (χ3n) is 4.19. The molecule has 1 saturated heterocycles. The van der Waals surface area contributed by atoms with Crippen LogP contribution in [0.4, 0.5) is 0 Å². The number of nitrogens with zero attached hydrogens (tertiary/aromatic N) is 3. The third-order valence-corrected chi connectivity index (χ3v) is 5.37. The van der Waals surface area contributed by atoms with E-state index in [9.17, 15) is 9.59 Å². The van der Waals surface area contributed by atoms with Gasteiger partial charge in [0.25, 0.3) is 11.5 Å². The summed E-state index contributed by atoms with van der Waals surface area (Å²) in [5, 5.41) is 0.566. The fraction of sp³-hybridized carbons (Fsp3) is 0.562. The number of ether oxygens (including phenoxy) is 1. The molecule has 1 aliphatic heterocycles. The van der Waals surface area contributed by atoms with Gasteiger partial charge in [0.2, 0.25) is 0 Å². The Hall–Kier alpha value is -1.73. The van der Waals surface area contributed by atoms with Gasteiger partial charge < -0.3 is 9.64 Å². The first-order chi connectivity index (χ1) is 11.1. The van der Waals surface area contributed by atoms with Gasteiger partial charge in [-0.1, -0.05) is 0 Å². The molecule has 6 nitrogen and oxygen atoms in total. The summed E-state index contributed by atoms with van der Waals surface area (Å²) in [6.07, 6.45) is 3.65. The molecule has 0 bridgehead atoms. The Morgan fingerprint density at radius 3 is 2.83 bits per heavy atom. The molecule has 124 valence electrons. The summed E-state index contributed by atoms with van der Waals surface area (Å²) in [7, 11) is 0. The van der Waals surface area contributed by atoms with Crippen molar-refractivity contribution in [3.8, 4) is 0 Å². The van der Waals surface area contributed by atoms with E-state index in [2.05, 4.69) is 4.98 Å². The van der Waals surface area contributed by atoms with Crippen molar-refractivity contribution in [2.45, 2.75) is 33.2 Å². The van der Waals surface area contributed by atoms with Crippen LogP contribution < -0.4 is 5.56 Å². The zero-order valence-electron chi connectivity index (χ0n) is 13.5. The predicted octanol–water partition coefficient (Wildman–Crippen LogP) is 2.04. The van der Waals surface area contributed by atoms with Crippen LogP contribution in [0.15, 0.2) is 11.1 Å². The van der Waals surface area contributed by atoms with Crippen LogP contribution in [0.3, 0.4) is 0 Å². The van der Waals surface area contributed by atoms with E-state index in [0.29, 0.717) is 34.9 Å². The third kappa shape index (κ3) is 3.03. The quantitative estimate of drug-likeness (QED) is 0.785. The number of carbonyl (C=O) groups excluding carboxylic acids is 1. The number of rotatable bonds is 5. The second-order valence-electron chi connectivity index (χ2n) is 5.68. The zero-order valence-corrected chi connectivity index (χ0v) is 14.3. The van der Waals surface area contributed by atoms with Gasteiger partial charge >= 0.3 is 0 Å². The molecular formula is C16H21N3O3S. The lowest BCUT2D eigenvalue weighted by molar-refractivity contribution is 0.0797. The molecule has 1 fully saturated rings. The lowest BCUT2D eigenvalue weighted by Crippen LogP contribution is -2.27. The highest BCUT2D eigenvalue weighted by atomic mass is 32.1. The maximum absolute atomic E-state index is 12.6. The van der Waals surface area contributed by atoms with Crippen molar-refractivity contribution in [1.82, 2.24) is 14.5 Å². The van der Waals surface area contributed by atoms with E-state index in [1.54, 1.807) is 10.9 Å². The maximum Gasteiger partial charge on any atom is 0.264 e. The van der Waals surface area contributed by atoms with E-state index >= 15 is 0 Å². The molecule has 0 saturated carbocycles. The Balaban J connectivity index is 1.96. The van der Waals surface area contributed by atoms with Gasteiger partial charge in [0.15, 0.2) is 0 Å². The standard InChI is InChI=1S/C16H21N3O3S/c1-3-22-9-8-19-10-17-14-12(15(19)20)11(2)13(23-14)16(21)18-6-4-5-7-18/h10H,3-9H2,1-2H3. The number of aryl methyl sites for hydroxylation is 1. The smallest absolute Gasteiger partial charge is 0.264 e. The van der Waals surface area contributed by atoms with Crippen molar-refractivity contribution in [2.75, 3.05) is 26.3 Å². The minimum atomic E-state index is -0.0936. The van der Waals surface area contributed by atoms with Gasteiger partial charge in [-0.05, 0) is 32.3 Å². The van der Waals surface area contributed by atoms with Gasteiger partial charge in [-0.25, -0.2) is 4.98 Å². The molecule has 2 aromatic heterocycles. The average Bonchev–Trinajstić information content (AvgIpc) is 3.18. The second kappa shape index (κ2) is 6.80. The molecule has 0 spiro atoms. The molecule has 0 unspecified atom stereocenters. The maximum atomic E-state index is 12.6. The topological polar surface area (TPSA) is 64.4 Å². The molecule has 0 aromatic carbocycles. The first kappa shape index (κ1) is 16.1. The highest BCUT2D eigenvalue weighted by Crippen LogP contribution is 2.28. The van der Waals surface area contributed by atoms with E-state index in [1.807, 2.05) is 18.7 Å². The number of amides is 1. The van der Waals surface area contributed by atoms with E-state index in [1.165, 1.54) is 11.3 Å². The lowest BCUT2D eigenvalue weighted by atomic mass is 10.2. The Labute approximate surface area is 138 Å². The monoisotopic (exact) mass is 335 g/mol. The van der Waals surface area contributed by atoms with Gasteiger partial charge in [0.1, 0.15) is 4.83 Å². The van der Waals surface area contributed by atoms with Gasteiger partial charge in [0.05, 0.1) is 29.7 Å². The fourth-order valence-electron chi connectivity index (χ4n) is 2.89. The number of likely N-dealkylation sites (tertiary alicyclic amines) is 1. The number of hydrogen-bond acceptors (Lipinski definition) is 5. The Morgan fingerprint density at radius 1 is 1.39 bits per heavy atom. The van der Waals surface area contributed by atoms with Crippen molar-refractivity contribution < 1.29 is 9.53 Å². The van der Waals surface area contributed by atoms with E-state index in [4.69, 9.17) is 4.74 Å². The van der Waals surface area contributed by atoms with Crippen LogP contribution in [-0.4, -0.2) is 46.7 Å². The van der Waals surface area contributed by atoms with Crippen molar-refractivity contribution in [3.05, 3.63) is 27.1 Å². The summed E-state index contributed by atoms with van der Waals surface area (Å²) in [4.78, 5) is 32.8. The summed E-state index contributed by atoms with van der Waals surface area (Å²) < 4.78 is 6.86. The number of thiophene rings is 1. The minimum absolute atomic E-state index is 0.0308. The van der Waals surface area contributed by atoms with Crippen molar-refractivity contribution >= 4 is 27.5 Å². The van der Waals surface area contributed by atoms with Gasteiger partial charge in [-0.15, -0.1) is 11.3 Å². The highest BCUT2D eigenvalue weighted by Gasteiger charge is 2.25. The van der Waals surface area contributed by atoms with Crippen LogP contribution >= 0.6 is 11.3 Å². The molecule has 0 aliphatic carbocycles. The summed E-state index contributed by atoms with van der Waals surface area (Å²) >= 11 is 1.32. The minimum Gasteiger partial charge on any atom is -0.380 e. The molecule has 3 heterocycles. The summed E-state index contributed by atoms with van der Waals surface area (Å²) in [5.74, 6) is 0.0308. The lowest BCUT2D eigenvalue weighted by Gasteiger charge is -2.14. The normalized spacial score (nSPS) is 14.8. The average molecular weight is 335 g/mol. The van der Waals surface area contributed by atoms with E-state index in [0.717, 1.165) is 31.5 Å². The van der Waals surface area contributed by atoms with Crippen molar-refractivity contribution in [3.63, 3.8) is 0 Å². The molecule has 7 heteroatoms. The van der Waals surface area contributed by atoms with Crippen LogP contribution in [0.2, 0.25) is 0 Å². The molecule has 1 aliphatic rings. The highest BCUT2D eigenvalue weighted by molar-refractivity contribution is 7.20.